The number of halogens is 2. The molecular weight excluding hydrogens is 398 g/mol. The first kappa shape index (κ1) is 25.1. The van der Waals surface area contributed by atoms with Gasteiger partial charge in [0.15, 0.2) is 0 Å². The number of nitrogens with zero attached hydrogens (tertiary/aromatic N) is 1. The molecule has 1 aromatic rings. The van der Waals surface area contributed by atoms with Gasteiger partial charge in [-0.2, -0.15) is 0 Å². The summed E-state index contributed by atoms with van der Waals surface area (Å²) in [6.45, 7) is 10.6. The molecule has 1 atom stereocenters. The number of aryl methyl sites for hydroxylation is 1. The van der Waals surface area contributed by atoms with E-state index in [1.54, 1.807) is 6.82 Å². The van der Waals surface area contributed by atoms with E-state index in [0.29, 0.717) is 31.3 Å². The van der Waals surface area contributed by atoms with Crippen LogP contribution in [0.3, 0.4) is 0 Å². The fourth-order valence-electron chi connectivity index (χ4n) is 3.03. The van der Waals surface area contributed by atoms with Crippen LogP contribution in [-0.2, 0) is 16.0 Å². The predicted octanol–water partition coefficient (Wildman–Crippen LogP) is 3.62. The number of hydrogen-bond donors (Lipinski definition) is 2. The summed E-state index contributed by atoms with van der Waals surface area (Å²) in [5, 5.41) is 12.9. The molecule has 28 heavy (non-hydrogen) atoms. The molecule has 0 saturated carbocycles. The number of ether oxygens (including phenoxy) is 1. The molecule has 8 heteroatoms. The molecule has 0 amide bonds. The van der Waals surface area contributed by atoms with Crippen LogP contribution in [0.4, 0.5) is 5.69 Å². The molecule has 2 N–H and O–H groups in total. The van der Waals surface area contributed by atoms with Crippen molar-refractivity contribution < 1.29 is 14.6 Å². The molecule has 1 rings (SSSR count). The third kappa shape index (κ3) is 9.50. The maximum Gasteiger partial charge on any atom is 0.373 e. The summed E-state index contributed by atoms with van der Waals surface area (Å²) < 4.78 is 5.45. The number of hydrogen-bond acceptors (Lipinski definition) is 5. The van der Waals surface area contributed by atoms with E-state index in [2.05, 4.69) is 28.3 Å². The molecule has 0 aliphatic rings. The van der Waals surface area contributed by atoms with E-state index in [4.69, 9.17) is 27.9 Å². The third-order valence-electron chi connectivity index (χ3n) is 4.18. The van der Waals surface area contributed by atoms with Crippen LogP contribution in [0.5, 0.6) is 0 Å². The van der Waals surface area contributed by atoms with E-state index in [1.807, 2.05) is 27.7 Å². The number of alkyl halides is 2. The van der Waals surface area contributed by atoms with Gasteiger partial charge in [-0.25, -0.2) is 0 Å². The molecule has 0 aliphatic carbocycles. The van der Waals surface area contributed by atoms with E-state index >= 15 is 0 Å². The number of rotatable bonds is 11. The van der Waals surface area contributed by atoms with Crippen molar-refractivity contribution in [3.63, 3.8) is 0 Å². The molecule has 0 fully saturated rings. The summed E-state index contributed by atoms with van der Waals surface area (Å²) in [7, 11) is -0.722. The number of carbonyl (C=O) groups is 1. The first-order chi connectivity index (χ1) is 13.1. The minimum atomic E-state index is -0.722. The molecule has 0 aliphatic heterocycles. The van der Waals surface area contributed by atoms with Crippen molar-refractivity contribution in [1.82, 2.24) is 5.23 Å². The summed E-state index contributed by atoms with van der Waals surface area (Å²) in [5.41, 5.74) is 2.75. The van der Waals surface area contributed by atoms with Gasteiger partial charge >= 0.3 is 13.0 Å². The van der Waals surface area contributed by atoms with Crippen molar-refractivity contribution in [2.45, 2.75) is 59.0 Å². The van der Waals surface area contributed by atoms with Gasteiger partial charge in [0.1, 0.15) is 5.60 Å². The Balaban J connectivity index is 3.00. The molecular formula is C20H33BCl2N2O3. The van der Waals surface area contributed by atoms with Gasteiger partial charge in [-0.1, -0.05) is 6.07 Å². The van der Waals surface area contributed by atoms with Gasteiger partial charge in [-0.15, -0.1) is 23.2 Å². The molecule has 0 heterocycles. The second-order valence-corrected chi connectivity index (χ2v) is 8.77. The summed E-state index contributed by atoms with van der Waals surface area (Å²) in [6, 6.07) is 5.99. The Morgan fingerprint density at radius 2 is 1.89 bits per heavy atom. The van der Waals surface area contributed by atoms with Gasteiger partial charge in [0.2, 0.25) is 0 Å². The van der Waals surface area contributed by atoms with Gasteiger partial charge in [0.05, 0.1) is 6.42 Å². The van der Waals surface area contributed by atoms with Crippen LogP contribution in [-0.4, -0.2) is 54.5 Å². The minimum absolute atomic E-state index is 0.179. The number of carbonyl (C=O) groups excluding carboxylic acids is 1. The molecule has 0 saturated heterocycles. The lowest BCUT2D eigenvalue weighted by Gasteiger charge is -2.26. The van der Waals surface area contributed by atoms with Crippen molar-refractivity contribution in [2.24, 2.45) is 0 Å². The molecule has 0 aromatic heterocycles. The first-order valence-corrected chi connectivity index (χ1v) is 10.7. The average Bonchev–Trinajstić information content (AvgIpc) is 2.54. The van der Waals surface area contributed by atoms with Crippen LogP contribution in [0, 0.1) is 6.92 Å². The van der Waals surface area contributed by atoms with Crippen molar-refractivity contribution in [3.8, 4) is 0 Å². The second kappa shape index (κ2) is 11.9. The number of anilines is 1. The lowest BCUT2D eigenvalue weighted by molar-refractivity contribution is -0.155. The third-order valence-corrected chi connectivity index (χ3v) is 4.52. The van der Waals surface area contributed by atoms with Crippen molar-refractivity contribution >= 4 is 41.9 Å². The first-order valence-electron chi connectivity index (χ1n) is 9.68. The van der Waals surface area contributed by atoms with E-state index in [1.165, 1.54) is 0 Å². The summed E-state index contributed by atoms with van der Waals surface area (Å²) >= 11 is 11.9. The number of nitrogens with one attached hydrogen (secondary N) is 1. The lowest BCUT2D eigenvalue weighted by Crippen LogP contribution is -2.43. The predicted molar refractivity (Wildman–Crippen MR) is 120 cm³/mol. The van der Waals surface area contributed by atoms with Crippen LogP contribution in [0.2, 0.25) is 6.82 Å². The van der Waals surface area contributed by atoms with E-state index in [0.717, 1.165) is 16.8 Å². The SMILES string of the molecule is CB(O)N[C@H](CC(=O)OC(C)(C)C)Cc1cc(N(CCCl)CCCl)ccc1C. The van der Waals surface area contributed by atoms with E-state index in [9.17, 15) is 9.82 Å². The molecule has 0 spiro atoms. The van der Waals surface area contributed by atoms with Crippen molar-refractivity contribution in [2.75, 3.05) is 29.7 Å². The van der Waals surface area contributed by atoms with Gasteiger partial charge in [-0.05, 0) is 64.2 Å². The molecule has 5 nitrogen and oxygen atoms in total. The van der Waals surface area contributed by atoms with Gasteiger partial charge < -0.3 is 19.9 Å². The van der Waals surface area contributed by atoms with Crippen LogP contribution in [0.15, 0.2) is 18.2 Å². The molecule has 0 unspecified atom stereocenters. The molecule has 1 aromatic carbocycles. The molecule has 0 bridgehead atoms. The van der Waals surface area contributed by atoms with E-state index in [-0.39, 0.29) is 18.4 Å². The molecule has 0 radical (unpaired) electrons. The van der Waals surface area contributed by atoms with Crippen LogP contribution < -0.4 is 10.1 Å². The minimum Gasteiger partial charge on any atom is -0.460 e. The van der Waals surface area contributed by atoms with Crippen molar-refractivity contribution in [3.05, 3.63) is 29.3 Å². The Morgan fingerprint density at radius 3 is 2.39 bits per heavy atom. The fraction of sp³-hybridized carbons (Fsp3) is 0.650. The highest BCUT2D eigenvalue weighted by Crippen LogP contribution is 2.22. The zero-order valence-electron chi connectivity index (χ0n) is 17.6. The Bertz CT molecular complexity index is 618. The summed E-state index contributed by atoms with van der Waals surface area (Å²) in [4.78, 5) is 14.4. The average molecular weight is 431 g/mol. The normalized spacial score (nSPS) is 12.6. The summed E-state index contributed by atoms with van der Waals surface area (Å²) in [5.74, 6) is 0.751. The number of esters is 1. The second-order valence-electron chi connectivity index (χ2n) is 8.01. The van der Waals surface area contributed by atoms with Crippen LogP contribution in [0.1, 0.15) is 38.3 Å². The van der Waals surface area contributed by atoms with Crippen LogP contribution in [0.25, 0.3) is 0 Å². The van der Waals surface area contributed by atoms with Gasteiger partial charge in [0, 0.05) is 36.6 Å². The van der Waals surface area contributed by atoms with E-state index < -0.39 is 12.7 Å². The smallest absolute Gasteiger partial charge is 0.373 e. The number of benzene rings is 1. The monoisotopic (exact) mass is 430 g/mol. The summed E-state index contributed by atoms with van der Waals surface area (Å²) in [6.07, 6.45) is 0.776. The quantitative estimate of drug-likeness (QED) is 0.319. The Kier molecular flexibility index (Phi) is 10.7. The lowest BCUT2D eigenvalue weighted by atomic mass is 9.85. The zero-order valence-corrected chi connectivity index (χ0v) is 19.1. The maximum atomic E-state index is 12.3. The van der Waals surface area contributed by atoms with Crippen molar-refractivity contribution in [1.29, 1.82) is 0 Å². The Labute approximate surface area is 179 Å². The Morgan fingerprint density at radius 1 is 1.29 bits per heavy atom. The van der Waals surface area contributed by atoms with Gasteiger partial charge in [0.25, 0.3) is 0 Å². The highest BCUT2D eigenvalue weighted by molar-refractivity contribution is 6.45. The highest BCUT2D eigenvalue weighted by Gasteiger charge is 2.23. The molecule has 158 valence electrons. The topological polar surface area (TPSA) is 61.8 Å². The van der Waals surface area contributed by atoms with Gasteiger partial charge in [-0.3, -0.25) is 4.79 Å². The fourth-order valence-corrected chi connectivity index (χ4v) is 3.44. The van der Waals surface area contributed by atoms with Crippen LogP contribution >= 0.6 is 23.2 Å². The largest absolute Gasteiger partial charge is 0.460 e. The standard InChI is InChI=1S/C20H33BCl2N2O3/c1-15-6-7-18(25(10-8-22)11-9-23)13-16(15)12-17(24-21(5)27)14-19(26)28-20(2,3)4/h6-7,13,17,24,27H,8-12,14H2,1-5H3/t17-/m0/s1. The Hall–Kier alpha value is -0.945. The zero-order chi connectivity index (χ0) is 21.3. The highest BCUT2D eigenvalue weighted by atomic mass is 35.5. The maximum absolute atomic E-state index is 12.3.